The summed E-state index contributed by atoms with van der Waals surface area (Å²) in [6.07, 6.45) is 8.44. The predicted molar refractivity (Wildman–Crippen MR) is 74.8 cm³/mol. The van der Waals surface area contributed by atoms with Gasteiger partial charge in [0.05, 0.1) is 18.8 Å². The van der Waals surface area contributed by atoms with E-state index in [-0.39, 0.29) is 0 Å². The summed E-state index contributed by atoms with van der Waals surface area (Å²) in [6, 6.07) is 0.518. The van der Waals surface area contributed by atoms with Gasteiger partial charge in [0.1, 0.15) is 11.7 Å². The summed E-state index contributed by atoms with van der Waals surface area (Å²) in [7, 11) is 0. The molecule has 2 unspecified atom stereocenters. The van der Waals surface area contributed by atoms with Gasteiger partial charge in [0.25, 0.3) is 0 Å². The van der Waals surface area contributed by atoms with E-state index in [1.165, 1.54) is 19.3 Å². The zero-order valence-corrected chi connectivity index (χ0v) is 10.9. The van der Waals surface area contributed by atoms with E-state index in [1.54, 1.807) is 0 Å². The first-order valence-corrected chi connectivity index (χ1v) is 6.78. The van der Waals surface area contributed by atoms with E-state index in [1.807, 2.05) is 17.0 Å². The number of aryl methyl sites for hydroxylation is 1. The van der Waals surface area contributed by atoms with E-state index in [9.17, 15) is 0 Å². The van der Waals surface area contributed by atoms with Crippen LogP contribution in [-0.4, -0.2) is 21.7 Å². The summed E-state index contributed by atoms with van der Waals surface area (Å²) >= 11 is 0. The third-order valence-corrected chi connectivity index (χ3v) is 3.92. The maximum absolute atomic E-state index is 4.87. The predicted octanol–water partition coefficient (Wildman–Crippen LogP) is 2.93. The third-order valence-electron chi connectivity index (χ3n) is 3.92. The van der Waals surface area contributed by atoms with Gasteiger partial charge in [0.2, 0.25) is 0 Å². The Balaban J connectivity index is 1.77. The zero-order chi connectivity index (χ0) is 12.5. The van der Waals surface area contributed by atoms with Crippen LogP contribution in [0.3, 0.4) is 0 Å². The standard InChI is InChI=1S/C14H20N4/c1-3-11-9-15-18-7-6-13(17-14(11)18)16-12-5-4-10(2)8-12/h3,9-10,12H,1,4-8H2,2H3,(H,16,17). The third kappa shape index (κ3) is 2.07. The van der Waals surface area contributed by atoms with Crippen LogP contribution in [0.1, 0.15) is 38.2 Å². The van der Waals surface area contributed by atoms with Crippen molar-refractivity contribution in [1.29, 1.82) is 0 Å². The number of rotatable bonds is 2. The first-order valence-electron chi connectivity index (χ1n) is 6.78. The van der Waals surface area contributed by atoms with Crippen LogP contribution >= 0.6 is 0 Å². The summed E-state index contributed by atoms with van der Waals surface area (Å²) in [5, 5.41) is 7.75. The van der Waals surface area contributed by atoms with E-state index >= 15 is 0 Å². The van der Waals surface area contributed by atoms with Gasteiger partial charge >= 0.3 is 0 Å². The van der Waals surface area contributed by atoms with Crippen molar-refractivity contribution < 1.29 is 0 Å². The second-order valence-electron chi connectivity index (χ2n) is 5.40. The van der Waals surface area contributed by atoms with Crippen LogP contribution in [0.5, 0.6) is 0 Å². The van der Waals surface area contributed by atoms with Crippen LogP contribution in [-0.2, 0) is 6.54 Å². The molecule has 4 heteroatoms. The molecule has 1 fully saturated rings. The molecule has 1 aliphatic heterocycles. The molecule has 0 spiro atoms. The normalized spacial score (nSPS) is 29.1. The number of amidine groups is 1. The van der Waals surface area contributed by atoms with E-state index in [2.05, 4.69) is 23.9 Å². The molecule has 1 saturated carbocycles. The number of aromatic nitrogens is 2. The number of aliphatic imine (C=N–C) groups is 1. The molecule has 0 aromatic carbocycles. The number of nitrogens with one attached hydrogen (secondary N) is 1. The Kier molecular flexibility index (Phi) is 2.94. The number of fused-ring (bicyclic) bond motifs is 1. The Morgan fingerprint density at radius 3 is 3.17 bits per heavy atom. The van der Waals surface area contributed by atoms with Crippen molar-refractivity contribution >= 4 is 17.7 Å². The SMILES string of the molecule is C=Cc1cnn2c1NC(=NC1CCC(C)C1)CC2. The van der Waals surface area contributed by atoms with Gasteiger partial charge in [0.15, 0.2) is 0 Å². The van der Waals surface area contributed by atoms with Gasteiger partial charge in [-0.05, 0) is 25.2 Å². The Labute approximate surface area is 108 Å². The molecule has 0 radical (unpaired) electrons. The van der Waals surface area contributed by atoms with Crippen molar-refractivity contribution in [2.75, 3.05) is 5.32 Å². The minimum Gasteiger partial charge on any atom is -0.328 e. The van der Waals surface area contributed by atoms with Crippen LogP contribution < -0.4 is 5.32 Å². The molecule has 0 bridgehead atoms. The molecular weight excluding hydrogens is 224 g/mol. The summed E-state index contributed by atoms with van der Waals surface area (Å²) < 4.78 is 1.99. The van der Waals surface area contributed by atoms with Crippen LogP contribution in [0.25, 0.3) is 6.08 Å². The molecule has 2 heterocycles. The number of hydrogen-bond donors (Lipinski definition) is 1. The van der Waals surface area contributed by atoms with Crippen molar-refractivity contribution in [1.82, 2.24) is 9.78 Å². The van der Waals surface area contributed by atoms with Crippen molar-refractivity contribution in [2.24, 2.45) is 10.9 Å². The molecule has 0 amide bonds. The van der Waals surface area contributed by atoms with Crippen LogP contribution in [0.15, 0.2) is 17.8 Å². The Bertz CT molecular complexity index is 486. The summed E-state index contributed by atoms with van der Waals surface area (Å²) in [5.41, 5.74) is 1.06. The minimum atomic E-state index is 0.518. The highest BCUT2D eigenvalue weighted by Gasteiger charge is 2.23. The first kappa shape index (κ1) is 11.5. The van der Waals surface area contributed by atoms with Crippen LogP contribution in [0, 0.1) is 5.92 Å². The number of nitrogens with zero attached hydrogens (tertiary/aromatic N) is 3. The lowest BCUT2D eigenvalue weighted by atomic mass is 10.1. The van der Waals surface area contributed by atoms with E-state index in [0.29, 0.717) is 6.04 Å². The monoisotopic (exact) mass is 244 g/mol. The molecular formula is C14H20N4. The van der Waals surface area contributed by atoms with Crippen molar-refractivity contribution in [3.05, 3.63) is 18.3 Å². The summed E-state index contributed by atoms with van der Waals surface area (Å²) in [5.74, 6) is 2.99. The van der Waals surface area contributed by atoms with Crippen molar-refractivity contribution in [3.63, 3.8) is 0 Å². The van der Waals surface area contributed by atoms with E-state index in [0.717, 1.165) is 36.1 Å². The van der Waals surface area contributed by atoms with Crippen LogP contribution in [0.2, 0.25) is 0 Å². The fraction of sp³-hybridized carbons (Fsp3) is 0.571. The molecule has 1 aromatic heterocycles. The number of hydrogen-bond acceptors (Lipinski definition) is 2. The van der Waals surface area contributed by atoms with Gasteiger partial charge < -0.3 is 5.32 Å². The van der Waals surface area contributed by atoms with Gasteiger partial charge in [-0.25, -0.2) is 4.68 Å². The number of anilines is 1. The first-order chi connectivity index (χ1) is 8.76. The van der Waals surface area contributed by atoms with Gasteiger partial charge in [-0.2, -0.15) is 5.10 Å². The van der Waals surface area contributed by atoms with E-state index in [4.69, 9.17) is 4.99 Å². The topological polar surface area (TPSA) is 42.2 Å². The molecule has 1 N–H and O–H groups in total. The van der Waals surface area contributed by atoms with Gasteiger partial charge in [-0.1, -0.05) is 19.6 Å². The highest BCUT2D eigenvalue weighted by molar-refractivity contribution is 5.97. The highest BCUT2D eigenvalue weighted by Crippen LogP contribution is 2.28. The fourth-order valence-electron chi connectivity index (χ4n) is 2.88. The van der Waals surface area contributed by atoms with Crippen molar-refractivity contribution in [3.8, 4) is 0 Å². The Morgan fingerprint density at radius 2 is 2.44 bits per heavy atom. The fourth-order valence-corrected chi connectivity index (χ4v) is 2.88. The molecule has 3 rings (SSSR count). The largest absolute Gasteiger partial charge is 0.328 e. The maximum atomic E-state index is 4.87. The molecule has 0 saturated heterocycles. The molecule has 2 atom stereocenters. The summed E-state index contributed by atoms with van der Waals surface area (Å²) in [4.78, 5) is 4.87. The lowest BCUT2D eigenvalue weighted by Gasteiger charge is -2.20. The Hall–Kier alpha value is -1.58. The van der Waals surface area contributed by atoms with Crippen molar-refractivity contribution in [2.45, 2.75) is 45.2 Å². The smallest absolute Gasteiger partial charge is 0.136 e. The van der Waals surface area contributed by atoms with Gasteiger partial charge in [-0.3, -0.25) is 4.99 Å². The van der Waals surface area contributed by atoms with Crippen LogP contribution in [0.4, 0.5) is 5.82 Å². The summed E-state index contributed by atoms with van der Waals surface area (Å²) in [6.45, 7) is 7.05. The maximum Gasteiger partial charge on any atom is 0.136 e. The van der Waals surface area contributed by atoms with Gasteiger partial charge in [-0.15, -0.1) is 0 Å². The molecule has 2 aliphatic rings. The molecule has 18 heavy (non-hydrogen) atoms. The quantitative estimate of drug-likeness (QED) is 0.869. The molecule has 1 aliphatic carbocycles. The molecule has 1 aromatic rings. The lowest BCUT2D eigenvalue weighted by Crippen LogP contribution is -2.25. The molecule has 4 nitrogen and oxygen atoms in total. The van der Waals surface area contributed by atoms with Gasteiger partial charge in [0, 0.05) is 12.0 Å². The lowest BCUT2D eigenvalue weighted by molar-refractivity contribution is 0.590. The average Bonchev–Trinajstić information content (AvgIpc) is 2.95. The second kappa shape index (κ2) is 4.59. The second-order valence-corrected chi connectivity index (χ2v) is 5.40. The molecule has 96 valence electrons. The highest BCUT2D eigenvalue weighted by atomic mass is 15.3. The van der Waals surface area contributed by atoms with E-state index < -0.39 is 0 Å². The Morgan fingerprint density at radius 1 is 1.56 bits per heavy atom. The average molecular weight is 244 g/mol. The zero-order valence-electron chi connectivity index (χ0n) is 10.9. The minimum absolute atomic E-state index is 0.518.